The van der Waals surface area contributed by atoms with Gasteiger partial charge in [0.15, 0.2) is 10.6 Å². The minimum absolute atomic E-state index is 0.176. The van der Waals surface area contributed by atoms with E-state index in [1.807, 2.05) is 47.0 Å². The van der Waals surface area contributed by atoms with Gasteiger partial charge in [0.05, 0.1) is 23.3 Å². The number of benzene rings is 1. The molecule has 0 bridgehead atoms. The van der Waals surface area contributed by atoms with Gasteiger partial charge in [-0.25, -0.2) is 4.98 Å². The Morgan fingerprint density at radius 3 is 2.90 bits per heavy atom. The Morgan fingerprint density at radius 1 is 1.24 bits per heavy atom. The summed E-state index contributed by atoms with van der Waals surface area (Å²) < 4.78 is 2.60. The third-order valence-corrected chi connectivity index (χ3v) is 5.30. The zero-order valence-electron chi connectivity index (χ0n) is 15.5. The van der Waals surface area contributed by atoms with E-state index in [0.717, 1.165) is 35.1 Å². The number of amides is 1. The van der Waals surface area contributed by atoms with Crippen LogP contribution in [0.5, 0.6) is 0 Å². The number of H-pyrrole nitrogens is 1. The first-order valence-corrected chi connectivity index (χ1v) is 9.86. The largest absolute Gasteiger partial charge is 0.345 e. The van der Waals surface area contributed by atoms with Crippen LogP contribution in [0, 0.1) is 4.77 Å². The van der Waals surface area contributed by atoms with E-state index in [9.17, 15) is 4.79 Å². The maximum Gasteiger partial charge on any atom is 0.252 e. The quantitative estimate of drug-likeness (QED) is 0.496. The van der Waals surface area contributed by atoms with Crippen LogP contribution >= 0.6 is 12.2 Å². The van der Waals surface area contributed by atoms with Crippen molar-refractivity contribution in [1.82, 2.24) is 30.0 Å². The molecule has 0 spiro atoms. The molecule has 29 heavy (non-hydrogen) atoms. The van der Waals surface area contributed by atoms with Crippen LogP contribution in [0.1, 0.15) is 35.1 Å². The highest BCUT2D eigenvalue weighted by atomic mass is 32.1. The Balaban J connectivity index is 1.49. The van der Waals surface area contributed by atoms with Gasteiger partial charge in [0.2, 0.25) is 0 Å². The van der Waals surface area contributed by atoms with E-state index in [2.05, 4.69) is 20.5 Å². The Labute approximate surface area is 171 Å². The lowest BCUT2D eigenvalue weighted by molar-refractivity contribution is 0.0951. The second-order valence-corrected chi connectivity index (χ2v) is 7.43. The SMILES string of the molecule is O=C(NCc1n[nH]c(=S)n1C1CC1)c1cc(-c2cccnc2)nc2ccccc12. The minimum Gasteiger partial charge on any atom is -0.345 e. The van der Waals surface area contributed by atoms with Crippen LogP contribution in [0.15, 0.2) is 54.9 Å². The number of nitrogens with one attached hydrogen (secondary N) is 2. The van der Waals surface area contributed by atoms with Gasteiger partial charge in [0.25, 0.3) is 5.91 Å². The Morgan fingerprint density at radius 2 is 2.10 bits per heavy atom. The van der Waals surface area contributed by atoms with Crippen molar-refractivity contribution in [2.45, 2.75) is 25.4 Å². The number of nitrogens with zero attached hydrogens (tertiary/aromatic N) is 4. The summed E-state index contributed by atoms with van der Waals surface area (Å²) in [6.45, 7) is 0.307. The molecule has 0 unspecified atom stereocenters. The monoisotopic (exact) mass is 402 g/mol. The number of rotatable bonds is 5. The molecule has 8 heteroatoms. The first-order valence-electron chi connectivity index (χ1n) is 9.45. The molecule has 7 nitrogen and oxygen atoms in total. The fourth-order valence-electron chi connectivity index (χ4n) is 3.45. The molecule has 144 valence electrons. The molecule has 0 atom stereocenters. The van der Waals surface area contributed by atoms with Gasteiger partial charge in [-0.3, -0.25) is 19.4 Å². The second kappa shape index (κ2) is 7.21. The van der Waals surface area contributed by atoms with Crippen LogP contribution in [-0.4, -0.2) is 30.6 Å². The Bertz CT molecular complexity index is 1260. The van der Waals surface area contributed by atoms with Gasteiger partial charge in [-0.2, -0.15) is 5.10 Å². The van der Waals surface area contributed by atoms with E-state index in [1.54, 1.807) is 12.4 Å². The summed E-state index contributed by atoms with van der Waals surface area (Å²) in [7, 11) is 0. The molecule has 4 aromatic rings. The van der Waals surface area contributed by atoms with Crippen molar-refractivity contribution in [3.63, 3.8) is 0 Å². The highest BCUT2D eigenvalue weighted by Gasteiger charge is 2.27. The number of fused-ring (bicyclic) bond motifs is 1. The fourth-order valence-corrected chi connectivity index (χ4v) is 3.75. The fraction of sp³-hybridized carbons (Fsp3) is 0.190. The van der Waals surface area contributed by atoms with Gasteiger partial charge in [0.1, 0.15) is 0 Å². The van der Waals surface area contributed by atoms with Crippen molar-refractivity contribution in [3.8, 4) is 11.3 Å². The molecule has 1 aliphatic rings. The van der Waals surface area contributed by atoms with Crippen LogP contribution < -0.4 is 5.32 Å². The van der Waals surface area contributed by atoms with Crippen molar-refractivity contribution in [3.05, 3.63) is 71.0 Å². The van der Waals surface area contributed by atoms with Crippen molar-refractivity contribution >= 4 is 29.0 Å². The van der Waals surface area contributed by atoms with Gasteiger partial charge in [-0.1, -0.05) is 18.2 Å². The third-order valence-electron chi connectivity index (χ3n) is 5.01. The maximum absolute atomic E-state index is 13.1. The van der Waals surface area contributed by atoms with Crippen LogP contribution in [0.4, 0.5) is 0 Å². The average molecular weight is 402 g/mol. The summed E-state index contributed by atoms with van der Waals surface area (Å²) in [5.74, 6) is 0.571. The van der Waals surface area contributed by atoms with Gasteiger partial charge in [-0.15, -0.1) is 0 Å². The van der Waals surface area contributed by atoms with Crippen molar-refractivity contribution in [2.75, 3.05) is 0 Å². The summed E-state index contributed by atoms with van der Waals surface area (Å²) in [5, 5.41) is 10.9. The molecule has 1 aromatic carbocycles. The van der Waals surface area contributed by atoms with E-state index in [-0.39, 0.29) is 5.91 Å². The topological polar surface area (TPSA) is 88.5 Å². The molecule has 3 heterocycles. The van der Waals surface area contributed by atoms with Gasteiger partial charge >= 0.3 is 0 Å². The summed E-state index contributed by atoms with van der Waals surface area (Å²) in [6.07, 6.45) is 5.65. The third kappa shape index (κ3) is 3.42. The number of pyridine rings is 2. The predicted octanol–water partition coefficient (Wildman–Crippen LogP) is 3.82. The van der Waals surface area contributed by atoms with Gasteiger partial charge in [0, 0.05) is 29.4 Å². The zero-order valence-corrected chi connectivity index (χ0v) is 16.3. The summed E-state index contributed by atoms with van der Waals surface area (Å²) >= 11 is 5.31. The molecule has 1 fully saturated rings. The van der Waals surface area contributed by atoms with E-state index in [0.29, 0.717) is 28.6 Å². The lowest BCUT2D eigenvalue weighted by Gasteiger charge is -2.11. The Kier molecular flexibility index (Phi) is 4.40. The van der Waals surface area contributed by atoms with Crippen LogP contribution in [0.25, 0.3) is 22.2 Å². The molecule has 2 N–H and O–H groups in total. The summed E-state index contributed by atoms with van der Waals surface area (Å²) in [4.78, 5) is 22.0. The minimum atomic E-state index is -0.176. The average Bonchev–Trinajstić information content (AvgIpc) is 3.53. The first kappa shape index (κ1) is 17.7. The van der Waals surface area contributed by atoms with E-state index < -0.39 is 0 Å². The lowest BCUT2D eigenvalue weighted by atomic mass is 10.0. The number of aromatic amines is 1. The molecule has 0 saturated heterocycles. The zero-order chi connectivity index (χ0) is 19.8. The van der Waals surface area contributed by atoms with Crippen LogP contribution in [0.2, 0.25) is 0 Å². The smallest absolute Gasteiger partial charge is 0.252 e. The van der Waals surface area contributed by atoms with E-state index in [1.165, 1.54) is 0 Å². The summed E-state index contributed by atoms with van der Waals surface area (Å²) in [6, 6.07) is 13.6. The standard InChI is InChI=1S/C21H18N6OS/c28-20(23-12-19-25-26-21(29)27(19)14-7-8-14)16-10-18(13-4-3-9-22-11-13)24-17-6-2-1-5-15(16)17/h1-6,9-11,14H,7-8,12H2,(H,23,28)(H,26,29). The number of para-hydroxylation sites is 1. The molecule has 3 aromatic heterocycles. The number of hydrogen-bond acceptors (Lipinski definition) is 5. The first-order chi connectivity index (χ1) is 14.2. The van der Waals surface area contributed by atoms with E-state index in [4.69, 9.17) is 17.2 Å². The second-order valence-electron chi connectivity index (χ2n) is 7.04. The normalized spacial score (nSPS) is 13.5. The van der Waals surface area contributed by atoms with Crippen molar-refractivity contribution in [1.29, 1.82) is 0 Å². The van der Waals surface area contributed by atoms with Gasteiger partial charge < -0.3 is 5.32 Å². The van der Waals surface area contributed by atoms with Gasteiger partial charge in [-0.05, 0) is 49.3 Å². The number of aromatic nitrogens is 5. The molecular formula is C21H18N6OS. The molecule has 1 aliphatic carbocycles. The maximum atomic E-state index is 13.1. The molecule has 0 aliphatic heterocycles. The van der Waals surface area contributed by atoms with Crippen molar-refractivity contribution < 1.29 is 4.79 Å². The molecular weight excluding hydrogens is 384 g/mol. The molecule has 0 radical (unpaired) electrons. The van der Waals surface area contributed by atoms with Crippen LogP contribution in [0.3, 0.4) is 0 Å². The molecule has 5 rings (SSSR count). The highest BCUT2D eigenvalue weighted by molar-refractivity contribution is 7.71. The number of hydrogen-bond donors (Lipinski definition) is 2. The Hall–Kier alpha value is -3.39. The molecule has 1 saturated carbocycles. The lowest BCUT2D eigenvalue weighted by Crippen LogP contribution is -2.25. The number of carbonyl (C=O) groups excluding carboxylic acids is 1. The number of carbonyl (C=O) groups is 1. The van der Waals surface area contributed by atoms with E-state index >= 15 is 0 Å². The summed E-state index contributed by atoms with van der Waals surface area (Å²) in [5.41, 5.74) is 2.91. The van der Waals surface area contributed by atoms with Crippen molar-refractivity contribution in [2.24, 2.45) is 0 Å². The highest BCUT2D eigenvalue weighted by Crippen LogP contribution is 2.35. The molecule has 1 amide bonds. The van der Waals surface area contributed by atoms with Crippen LogP contribution in [-0.2, 0) is 6.54 Å². The predicted molar refractivity (Wildman–Crippen MR) is 112 cm³/mol.